The van der Waals surface area contributed by atoms with E-state index in [4.69, 9.17) is 10.4 Å². The Bertz CT molecular complexity index is 406. The van der Waals surface area contributed by atoms with Gasteiger partial charge in [-0.1, -0.05) is 0 Å². The van der Waals surface area contributed by atoms with E-state index in [9.17, 15) is 4.79 Å². The van der Waals surface area contributed by atoms with Crippen molar-refractivity contribution in [2.45, 2.75) is 19.4 Å². The number of anilines is 1. The summed E-state index contributed by atoms with van der Waals surface area (Å²) in [6.45, 7) is 1.95. The van der Waals surface area contributed by atoms with Crippen LogP contribution < -0.4 is 4.90 Å². The second-order valence-electron chi connectivity index (χ2n) is 3.67. The Hall–Kier alpha value is -2.02. The van der Waals surface area contributed by atoms with Crippen molar-refractivity contribution in [3.8, 4) is 6.07 Å². The average Bonchev–Trinajstić information content (AvgIpc) is 2.28. The van der Waals surface area contributed by atoms with Crippen molar-refractivity contribution >= 4 is 11.7 Å². The smallest absolute Gasteiger partial charge is 0.335 e. The zero-order valence-electron chi connectivity index (χ0n) is 9.34. The number of rotatable bonds is 4. The van der Waals surface area contributed by atoms with E-state index in [1.54, 1.807) is 24.3 Å². The van der Waals surface area contributed by atoms with Crippen LogP contribution in [0.2, 0.25) is 0 Å². The SMILES string of the molecule is CC(CC#N)N(C)c1ccc(C(=O)O)cc1. The first kappa shape index (κ1) is 12.1. The van der Waals surface area contributed by atoms with E-state index in [1.165, 1.54) is 0 Å². The molecule has 0 heterocycles. The maximum atomic E-state index is 10.7. The molecule has 0 fully saturated rings. The normalized spacial score (nSPS) is 11.6. The summed E-state index contributed by atoms with van der Waals surface area (Å²) in [6, 6.07) is 8.84. The van der Waals surface area contributed by atoms with Crippen molar-refractivity contribution in [3.05, 3.63) is 29.8 Å². The van der Waals surface area contributed by atoms with Crippen molar-refractivity contribution in [1.82, 2.24) is 0 Å². The summed E-state index contributed by atoms with van der Waals surface area (Å²) in [6.07, 6.45) is 0.442. The summed E-state index contributed by atoms with van der Waals surface area (Å²) in [5, 5.41) is 17.3. The standard InChI is InChI=1S/C12H14N2O2/c1-9(7-8-13)14(2)11-5-3-10(4-6-11)12(15)16/h3-6,9H,7H2,1-2H3,(H,15,16). The van der Waals surface area contributed by atoms with Gasteiger partial charge in [-0.25, -0.2) is 4.79 Å². The average molecular weight is 218 g/mol. The predicted octanol–water partition coefficient (Wildman–Crippen LogP) is 2.12. The molecule has 16 heavy (non-hydrogen) atoms. The minimum Gasteiger partial charge on any atom is -0.478 e. The summed E-state index contributed by atoms with van der Waals surface area (Å²) in [5.41, 5.74) is 1.18. The van der Waals surface area contributed by atoms with Crippen LogP contribution in [0.1, 0.15) is 23.7 Å². The molecular formula is C12H14N2O2. The Morgan fingerprint density at radius 3 is 2.50 bits per heavy atom. The number of nitrogens with zero attached hydrogens (tertiary/aromatic N) is 2. The maximum Gasteiger partial charge on any atom is 0.335 e. The zero-order valence-corrected chi connectivity index (χ0v) is 9.34. The van der Waals surface area contributed by atoms with Crippen LogP contribution in [0.5, 0.6) is 0 Å². The van der Waals surface area contributed by atoms with Gasteiger partial charge in [0.05, 0.1) is 18.1 Å². The molecule has 1 aromatic rings. The van der Waals surface area contributed by atoms with Crippen LogP contribution in [-0.4, -0.2) is 24.2 Å². The molecule has 0 bridgehead atoms. The van der Waals surface area contributed by atoms with Crippen LogP contribution in [-0.2, 0) is 0 Å². The minimum atomic E-state index is -0.931. The van der Waals surface area contributed by atoms with E-state index in [1.807, 2.05) is 18.9 Å². The third-order valence-electron chi connectivity index (χ3n) is 2.57. The van der Waals surface area contributed by atoms with E-state index < -0.39 is 5.97 Å². The Balaban J connectivity index is 2.82. The topological polar surface area (TPSA) is 64.3 Å². The third-order valence-corrected chi connectivity index (χ3v) is 2.57. The van der Waals surface area contributed by atoms with Crippen LogP contribution >= 0.6 is 0 Å². The number of carbonyl (C=O) groups is 1. The number of hydrogen-bond acceptors (Lipinski definition) is 3. The molecule has 84 valence electrons. The molecule has 1 rings (SSSR count). The van der Waals surface area contributed by atoms with Crippen molar-refractivity contribution in [1.29, 1.82) is 5.26 Å². The van der Waals surface area contributed by atoms with Gasteiger partial charge < -0.3 is 10.0 Å². The summed E-state index contributed by atoms with van der Waals surface area (Å²) in [7, 11) is 1.89. The predicted molar refractivity (Wildman–Crippen MR) is 61.5 cm³/mol. The molecular weight excluding hydrogens is 204 g/mol. The highest BCUT2D eigenvalue weighted by atomic mass is 16.4. The molecule has 1 aromatic carbocycles. The van der Waals surface area contributed by atoms with Crippen molar-refractivity contribution in [2.24, 2.45) is 0 Å². The summed E-state index contributed by atoms with van der Waals surface area (Å²) in [5.74, 6) is -0.931. The van der Waals surface area contributed by atoms with Crippen LogP contribution in [0.4, 0.5) is 5.69 Å². The van der Waals surface area contributed by atoms with Gasteiger partial charge in [0.25, 0.3) is 0 Å². The fourth-order valence-electron chi connectivity index (χ4n) is 1.36. The highest BCUT2D eigenvalue weighted by Crippen LogP contribution is 2.17. The van der Waals surface area contributed by atoms with Gasteiger partial charge in [-0.05, 0) is 31.2 Å². The van der Waals surface area contributed by atoms with Gasteiger partial charge in [-0.3, -0.25) is 0 Å². The first-order valence-corrected chi connectivity index (χ1v) is 4.99. The zero-order chi connectivity index (χ0) is 12.1. The Kier molecular flexibility index (Phi) is 3.90. The quantitative estimate of drug-likeness (QED) is 0.840. The fraction of sp³-hybridized carbons (Fsp3) is 0.333. The van der Waals surface area contributed by atoms with Crippen molar-refractivity contribution < 1.29 is 9.90 Å². The highest BCUT2D eigenvalue weighted by molar-refractivity contribution is 5.88. The minimum absolute atomic E-state index is 0.112. The van der Waals surface area contributed by atoms with Gasteiger partial charge >= 0.3 is 5.97 Å². The highest BCUT2D eigenvalue weighted by Gasteiger charge is 2.10. The van der Waals surface area contributed by atoms with Gasteiger partial charge in [0.2, 0.25) is 0 Å². The number of nitriles is 1. The molecule has 0 aliphatic rings. The molecule has 1 N–H and O–H groups in total. The first-order valence-electron chi connectivity index (χ1n) is 4.99. The third kappa shape index (κ3) is 2.74. The lowest BCUT2D eigenvalue weighted by molar-refractivity contribution is 0.0697. The van der Waals surface area contributed by atoms with Gasteiger partial charge in [0.15, 0.2) is 0 Å². The Labute approximate surface area is 94.7 Å². The number of carboxylic acid groups (broad SMARTS) is 1. The molecule has 0 saturated carbocycles. The summed E-state index contributed by atoms with van der Waals surface area (Å²) < 4.78 is 0. The van der Waals surface area contributed by atoms with Crippen molar-refractivity contribution in [3.63, 3.8) is 0 Å². The molecule has 0 spiro atoms. The first-order chi connectivity index (χ1) is 7.56. The molecule has 0 aromatic heterocycles. The van der Waals surface area contributed by atoms with Crippen molar-refractivity contribution in [2.75, 3.05) is 11.9 Å². The van der Waals surface area contributed by atoms with Crippen LogP contribution in [0.3, 0.4) is 0 Å². The van der Waals surface area contributed by atoms with Crippen LogP contribution in [0, 0.1) is 11.3 Å². The number of carboxylic acids is 1. The second-order valence-corrected chi connectivity index (χ2v) is 3.67. The molecule has 4 heteroatoms. The largest absolute Gasteiger partial charge is 0.478 e. The van der Waals surface area contributed by atoms with Gasteiger partial charge in [-0.2, -0.15) is 5.26 Å². The van der Waals surface area contributed by atoms with E-state index in [2.05, 4.69) is 6.07 Å². The molecule has 0 radical (unpaired) electrons. The Morgan fingerprint density at radius 2 is 2.06 bits per heavy atom. The van der Waals surface area contributed by atoms with E-state index in [-0.39, 0.29) is 11.6 Å². The van der Waals surface area contributed by atoms with Crippen LogP contribution in [0.25, 0.3) is 0 Å². The van der Waals surface area contributed by atoms with E-state index >= 15 is 0 Å². The molecule has 4 nitrogen and oxygen atoms in total. The summed E-state index contributed by atoms with van der Waals surface area (Å²) in [4.78, 5) is 12.6. The van der Waals surface area contributed by atoms with Gasteiger partial charge in [0.1, 0.15) is 0 Å². The number of aromatic carboxylic acids is 1. The maximum absolute atomic E-state index is 10.7. The Morgan fingerprint density at radius 1 is 1.50 bits per heavy atom. The molecule has 1 atom stereocenters. The fourth-order valence-corrected chi connectivity index (χ4v) is 1.36. The van der Waals surface area contributed by atoms with E-state index in [0.29, 0.717) is 6.42 Å². The molecule has 0 aliphatic heterocycles. The molecule has 1 unspecified atom stereocenters. The van der Waals surface area contributed by atoms with Gasteiger partial charge in [-0.15, -0.1) is 0 Å². The van der Waals surface area contributed by atoms with E-state index in [0.717, 1.165) is 5.69 Å². The van der Waals surface area contributed by atoms with Crippen LogP contribution in [0.15, 0.2) is 24.3 Å². The second kappa shape index (κ2) is 5.17. The monoisotopic (exact) mass is 218 g/mol. The lowest BCUT2D eigenvalue weighted by Crippen LogP contribution is -2.28. The molecule has 0 amide bonds. The summed E-state index contributed by atoms with van der Waals surface area (Å²) >= 11 is 0. The van der Waals surface area contributed by atoms with Gasteiger partial charge in [0, 0.05) is 18.8 Å². The number of benzene rings is 1. The molecule has 0 saturated heterocycles. The molecule has 0 aliphatic carbocycles. The lowest BCUT2D eigenvalue weighted by Gasteiger charge is -2.25. The lowest BCUT2D eigenvalue weighted by atomic mass is 10.1. The number of hydrogen-bond donors (Lipinski definition) is 1.